The minimum Gasteiger partial charge on any atom is -0.504 e. The Morgan fingerprint density at radius 2 is 1.90 bits per heavy atom. The Balaban J connectivity index is 2.65. The molecular weight excluding hydrogens is 268 g/mol. The molecule has 1 aromatic rings. The van der Waals surface area contributed by atoms with Crippen molar-refractivity contribution >= 4 is 11.9 Å². The lowest BCUT2D eigenvalue weighted by molar-refractivity contribution is -0.143. The van der Waals surface area contributed by atoms with E-state index in [0.717, 1.165) is 0 Å². The fourth-order valence-electron chi connectivity index (χ4n) is 1.51. The highest BCUT2D eigenvalue weighted by Gasteiger charge is 2.22. The quantitative estimate of drug-likeness (QED) is 0.348. The molecule has 1 aromatic carbocycles. The van der Waals surface area contributed by atoms with Crippen LogP contribution in [0, 0.1) is 0 Å². The van der Waals surface area contributed by atoms with E-state index in [-0.39, 0.29) is 17.9 Å². The molecule has 0 aliphatic carbocycles. The third-order valence-corrected chi connectivity index (χ3v) is 2.63. The summed E-state index contributed by atoms with van der Waals surface area (Å²) in [5, 5.41) is 38.0. The van der Waals surface area contributed by atoms with Gasteiger partial charge in [0.15, 0.2) is 11.5 Å². The summed E-state index contributed by atoms with van der Waals surface area (Å²) in [5.74, 6) is -2.73. The summed E-state index contributed by atoms with van der Waals surface area (Å²) in [6.45, 7) is -0.742. The van der Waals surface area contributed by atoms with E-state index >= 15 is 0 Å². The van der Waals surface area contributed by atoms with Gasteiger partial charge in [0.05, 0.1) is 12.6 Å². The summed E-state index contributed by atoms with van der Waals surface area (Å²) in [7, 11) is 0. The lowest BCUT2D eigenvalue weighted by Gasteiger charge is -2.16. The molecule has 8 nitrogen and oxygen atoms in total. The minimum absolute atomic E-state index is 0.0391. The standard InChI is InChI=1S/C12H16N2O6/c13-7(11(18)14-8(5-15)12(19)20)3-6-1-2-9(16)10(17)4-6/h1-2,4,7-8,15-17H,3,5,13H2,(H,14,18)(H,19,20)/t7-,8+/m0/s1. The molecule has 0 aliphatic heterocycles. The predicted molar refractivity (Wildman–Crippen MR) is 68.1 cm³/mol. The molecule has 0 spiro atoms. The fourth-order valence-corrected chi connectivity index (χ4v) is 1.51. The van der Waals surface area contributed by atoms with Gasteiger partial charge in [-0.25, -0.2) is 4.79 Å². The summed E-state index contributed by atoms with van der Waals surface area (Å²) in [4.78, 5) is 22.3. The maximum Gasteiger partial charge on any atom is 0.328 e. The number of amides is 1. The number of aliphatic hydroxyl groups excluding tert-OH is 1. The molecule has 2 atom stereocenters. The number of carboxylic acids is 1. The monoisotopic (exact) mass is 284 g/mol. The van der Waals surface area contributed by atoms with Gasteiger partial charge < -0.3 is 31.5 Å². The van der Waals surface area contributed by atoms with Crippen molar-refractivity contribution in [2.75, 3.05) is 6.61 Å². The molecule has 0 aliphatic rings. The van der Waals surface area contributed by atoms with Gasteiger partial charge in [0.1, 0.15) is 6.04 Å². The van der Waals surface area contributed by atoms with E-state index in [1.165, 1.54) is 18.2 Å². The summed E-state index contributed by atoms with van der Waals surface area (Å²) < 4.78 is 0. The molecule has 110 valence electrons. The number of nitrogens with two attached hydrogens (primary N) is 1. The molecule has 0 saturated heterocycles. The number of rotatable bonds is 6. The first-order chi connectivity index (χ1) is 9.35. The van der Waals surface area contributed by atoms with Crippen LogP contribution in [-0.2, 0) is 16.0 Å². The number of aromatic hydroxyl groups is 2. The minimum atomic E-state index is -1.42. The van der Waals surface area contributed by atoms with Gasteiger partial charge in [-0.3, -0.25) is 4.79 Å². The van der Waals surface area contributed by atoms with Crippen LogP contribution >= 0.6 is 0 Å². The van der Waals surface area contributed by atoms with Crippen LogP contribution in [0.25, 0.3) is 0 Å². The van der Waals surface area contributed by atoms with E-state index in [9.17, 15) is 14.7 Å². The third kappa shape index (κ3) is 4.11. The molecule has 0 fully saturated rings. The maximum absolute atomic E-state index is 11.7. The number of carbonyl (C=O) groups is 2. The van der Waals surface area contributed by atoms with E-state index in [0.29, 0.717) is 5.56 Å². The molecule has 1 amide bonds. The number of carbonyl (C=O) groups excluding carboxylic acids is 1. The maximum atomic E-state index is 11.7. The molecule has 0 heterocycles. The van der Waals surface area contributed by atoms with Gasteiger partial charge >= 0.3 is 5.97 Å². The topological polar surface area (TPSA) is 153 Å². The van der Waals surface area contributed by atoms with Crippen LogP contribution in [0.15, 0.2) is 18.2 Å². The Labute approximate surface area is 114 Å². The largest absolute Gasteiger partial charge is 0.504 e. The Hall–Kier alpha value is -2.32. The molecule has 0 aromatic heterocycles. The normalized spacial score (nSPS) is 13.5. The second-order valence-corrected chi connectivity index (χ2v) is 4.22. The average Bonchev–Trinajstić information content (AvgIpc) is 2.39. The van der Waals surface area contributed by atoms with Crippen molar-refractivity contribution in [1.29, 1.82) is 0 Å². The zero-order chi connectivity index (χ0) is 15.3. The van der Waals surface area contributed by atoms with Crippen molar-refractivity contribution in [2.24, 2.45) is 5.73 Å². The predicted octanol–water partition coefficient (Wildman–Crippen LogP) is -1.47. The lowest BCUT2D eigenvalue weighted by Crippen LogP contribution is -2.50. The third-order valence-electron chi connectivity index (χ3n) is 2.63. The van der Waals surface area contributed by atoms with Crippen molar-refractivity contribution in [2.45, 2.75) is 18.5 Å². The average molecular weight is 284 g/mol. The zero-order valence-corrected chi connectivity index (χ0v) is 10.5. The van der Waals surface area contributed by atoms with Crippen LogP contribution in [0.2, 0.25) is 0 Å². The highest BCUT2D eigenvalue weighted by atomic mass is 16.4. The lowest BCUT2D eigenvalue weighted by atomic mass is 10.0. The molecule has 0 saturated carbocycles. The number of aliphatic hydroxyl groups is 1. The summed E-state index contributed by atoms with van der Waals surface area (Å²) in [6.07, 6.45) is 0.0391. The van der Waals surface area contributed by atoms with Crippen LogP contribution in [0.5, 0.6) is 11.5 Å². The highest BCUT2D eigenvalue weighted by Crippen LogP contribution is 2.25. The van der Waals surface area contributed by atoms with E-state index in [1.54, 1.807) is 0 Å². The number of phenolic OH excluding ortho intramolecular Hbond substituents is 2. The van der Waals surface area contributed by atoms with Crippen molar-refractivity contribution in [3.05, 3.63) is 23.8 Å². The number of hydrogen-bond acceptors (Lipinski definition) is 6. The van der Waals surface area contributed by atoms with Gasteiger partial charge in [-0.2, -0.15) is 0 Å². The second kappa shape index (κ2) is 6.73. The van der Waals surface area contributed by atoms with Crippen LogP contribution < -0.4 is 11.1 Å². The molecule has 8 heteroatoms. The molecule has 0 bridgehead atoms. The molecule has 0 radical (unpaired) electrons. The molecule has 20 heavy (non-hydrogen) atoms. The fraction of sp³-hybridized carbons (Fsp3) is 0.333. The first kappa shape index (κ1) is 15.7. The zero-order valence-electron chi connectivity index (χ0n) is 10.5. The SMILES string of the molecule is N[C@@H](Cc1ccc(O)c(O)c1)C(=O)N[C@H](CO)C(=O)O. The summed E-state index contributed by atoms with van der Waals surface area (Å²) in [5.41, 5.74) is 6.11. The van der Waals surface area contributed by atoms with Crippen molar-refractivity contribution in [1.82, 2.24) is 5.32 Å². The first-order valence-corrected chi connectivity index (χ1v) is 5.75. The summed E-state index contributed by atoms with van der Waals surface area (Å²) in [6, 6.07) is 1.52. The molecule has 0 unspecified atom stereocenters. The number of nitrogens with one attached hydrogen (secondary N) is 1. The number of benzene rings is 1. The molecule has 7 N–H and O–H groups in total. The number of carboxylic acid groups (broad SMARTS) is 1. The van der Waals surface area contributed by atoms with Gasteiger partial charge in [0.2, 0.25) is 5.91 Å². The van der Waals surface area contributed by atoms with Crippen LogP contribution in [0.3, 0.4) is 0 Å². The highest BCUT2D eigenvalue weighted by molar-refractivity contribution is 5.87. The number of hydrogen-bond donors (Lipinski definition) is 6. The van der Waals surface area contributed by atoms with Crippen molar-refractivity contribution in [3.63, 3.8) is 0 Å². The number of aliphatic carboxylic acids is 1. The van der Waals surface area contributed by atoms with Gasteiger partial charge in [0, 0.05) is 0 Å². The summed E-state index contributed by atoms with van der Waals surface area (Å²) >= 11 is 0. The van der Waals surface area contributed by atoms with Crippen molar-refractivity contribution in [3.8, 4) is 11.5 Å². The van der Waals surface area contributed by atoms with E-state index in [2.05, 4.69) is 5.32 Å². The van der Waals surface area contributed by atoms with Gasteiger partial charge in [0.25, 0.3) is 0 Å². The van der Waals surface area contributed by atoms with Crippen LogP contribution in [-0.4, -0.2) is 51.0 Å². The molecule has 1 rings (SSSR count). The van der Waals surface area contributed by atoms with Gasteiger partial charge in [-0.05, 0) is 24.1 Å². The molecular formula is C12H16N2O6. The first-order valence-electron chi connectivity index (χ1n) is 5.75. The Kier molecular flexibility index (Phi) is 5.30. The Morgan fingerprint density at radius 3 is 2.40 bits per heavy atom. The van der Waals surface area contributed by atoms with Gasteiger partial charge in [-0.1, -0.05) is 6.07 Å². The van der Waals surface area contributed by atoms with Crippen molar-refractivity contribution < 1.29 is 30.0 Å². The van der Waals surface area contributed by atoms with E-state index in [1.807, 2.05) is 0 Å². The second-order valence-electron chi connectivity index (χ2n) is 4.22. The van der Waals surface area contributed by atoms with Crippen LogP contribution in [0.4, 0.5) is 0 Å². The van der Waals surface area contributed by atoms with E-state index in [4.69, 9.17) is 21.1 Å². The number of phenols is 2. The van der Waals surface area contributed by atoms with Crippen LogP contribution in [0.1, 0.15) is 5.56 Å². The van der Waals surface area contributed by atoms with E-state index < -0.39 is 30.6 Å². The Morgan fingerprint density at radius 1 is 1.25 bits per heavy atom. The smallest absolute Gasteiger partial charge is 0.328 e. The van der Waals surface area contributed by atoms with Gasteiger partial charge in [-0.15, -0.1) is 0 Å². The Bertz CT molecular complexity index is 505.